The highest BCUT2D eigenvalue weighted by atomic mass is 79.9. The summed E-state index contributed by atoms with van der Waals surface area (Å²) in [4.78, 5) is 11.7. The Hall–Kier alpha value is -1.08. The minimum absolute atomic E-state index is 0.115. The van der Waals surface area contributed by atoms with Crippen LogP contribution in [0.4, 0.5) is 5.69 Å². The fraction of sp³-hybridized carbons (Fsp3) is 0.417. The molecule has 104 valence electrons. The summed E-state index contributed by atoms with van der Waals surface area (Å²) in [7, 11) is -3.24. The molecule has 1 aliphatic heterocycles. The average Bonchev–Trinajstić information content (AvgIpc) is 2.31. The second kappa shape index (κ2) is 5.13. The van der Waals surface area contributed by atoms with Gasteiger partial charge in [-0.25, -0.2) is 8.42 Å². The second-order valence-electron chi connectivity index (χ2n) is 4.77. The number of sulfone groups is 1. The first kappa shape index (κ1) is 14.3. The molecule has 2 rings (SSSR count). The molecule has 0 aromatic heterocycles. The predicted molar refractivity (Wildman–Crippen MR) is 77.6 cm³/mol. The zero-order chi connectivity index (χ0) is 14.1. The molecule has 0 spiro atoms. The highest BCUT2D eigenvalue weighted by Crippen LogP contribution is 2.28. The van der Waals surface area contributed by atoms with Crippen LogP contribution in [0, 0.1) is 0 Å². The van der Waals surface area contributed by atoms with Gasteiger partial charge in [-0.05, 0) is 37.1 Å². The van der Waals surface area contributed by atoms with E-state index in [1.807, 2.05) is 12.1 Å². The Balaban J connectivity index is 2.30. The largest absolute Gasteiger partial charge is 0.370 e. The van der Waals surface area contributed by atoms with Crippen LogP contribution in [-0.4, -0.2) is 31.4 Å². The van der Waals surface area contributed by atoms with Crippen molar-refractivity contribution in [3.8, 4) is 0 Å². The van der Waals surface area contributed by atoms with Gasteiger partial charge in [0.1, 0.15) is 5.54 Å². The number of carbonyl (C=O) groups excluding carboxylic acids is 1. The third kappa shape index (κ3) is 3.27. The summed E-state index contributed by atoms with van der Waals surface area (Å²) < 4.78 is 24.4. The molecule has 0 aliphatic carbocycles. The van der Waals surface area contributed by atoms with Crippen molar-refractivity contribution in [3.63, 3.8) is 0 Å². The van der Waals surface area contributed by atoms with E-state index in [2.05, 4.69) is 21.2 Å². The third-order valence-electron chi connectivity index (χ3n) is 3.22. The van der Waals surface area contributed by atoms with Gasteiger partial charge >= 0.3 is 0 Å². The van der Waals surface area contributed by atoms with Crippen LogP contribution in [0.3, 0.4) is 0 Å². The zero-order valence-corrected chi connectivity index (χ0v) is 12.6. The zero-order valence-electron chi connectivity index (χ0n) is 10.2. The molecule has 1 amide bonds. The van der Waals surface area contributed by atoms with Crippen LogP contribution in [0.1, 0.15) is 12.8 Å². The molecule has 0 radical (unpaired) electrons. The molecule has 1 fully saturated rings. The van der Waals surface area contributed by atoms with Crippen molar-refractivity contribution < 1.29 is 13.2 Å². The van der Waals surface area contributed by atoms with E-state index in [9.17, 15) is 13.2 Å². The van der Waals surface area contributed by atoms with Gasteiger partial charge < -0.3 is 11.1 Å². The molecule has 1 unspecified atom stereocenters. The standard InChI is InChI=1S/C12H15BrN2O3S/c13-9-2-4-10(5-3-9)15-12(11(14)16)6-1-7-19(17,18)8-12/h2-5,15H,1,6-8H2,(H2,14,16). The van der Waals surface area contributed by atoms with Gasteiger partial charge in [0.25, 0.3) is 0 Å². The Morgan fingerprint density at radius 2 is 1.95 bits per heavy atom. The van der Waals surface area contributed by atoms with Gasteiger partial charge in [-0.15, -0.1) is 0 Å². The molecular weight excluding hydrogens is 332 g/mol. The number of anilines is 1. The molecule has 1 heterocycles. The van der Waals surface area contributed by atoms with Gasteiger partial charge in [-0.2, -0.15) is 0 Å². The molecule has 0 saturated carbocycles. The predicted octanol–water partition coefficient (Wildman–Crippen LogP) is 1.29. The van der Waals surface area contributed by atoms with Gasteiger partial charge in [0.05, 0.1) is 11.5 Å². The Morgan fingerprint density at radius 3 is 2.47 bits per heavy atom. The van der Waals surface area contributed by atoms with E-state index in [1.165, 1.54) is 0 Å². The van der Waals surface area contributed by atoms with Crippen LogP contribution in [0.5, 0.6) is 0 Å². The van der Waals surface area contributed by atoms with Crippen LogP contribution in [0.2, 0.25) is 0 Å². The lowest BCUT2D eigenvalue weighted by Gasteiger charge is -2.35. The minimum Gasteiger partial charge on any atom is -0.370 e. The number of rotatable bonds is 3. The molecule has 3 N–H and O–H groups in total. The van der Waals surface area contributed by atoms with E-state index in [-0.39, 0.29) is 11.5 Å². The van der Waals surface area contributed by atoms with Crippen molar-refractivity contribution in [1.29, 1.82) is 0 Å². The first-order valence-corrected chi connectivity index (χ1v) is 8.49. The van der Waals surface area contributed by atoms with Gasteiger partial charge in [0.2, 0.25) is 5.91 Å². The summed E-state index contributed by atoms with van der Waals surface area (Å²) in [5.41, 5.74) is 4.90. The lowest BCUT2D eigenvalue weighted by molar-refractivity contribution is -0.122. The van der Waals surface area contributed by atoms with Crippen molar-refractivity contribution in [1.82, 2.24) is 0 Å². The highest BCUT2D eigenvalue weighted by Gasteiger charge is 2.43. The summed E-state index contributed by atoms with van der Waals surface area (Å²) in [6.07, 6.45) is 0.867. The highest BCUT2D eigenvalue weighted by molar-refractivity contribution is 9.10. The van der Waals surface area contributed by atoms with Crippen LogP contribution in [0.15, 0.2) is 28.7 Å². The van der Waals surface area contributed by atoms with Crippen LogP contribution < -0.4 is 11.1 Å². The number of primary amides is 1. The molecule has 1 atom stereocenters. The molecule has 0 bridgehead atoms. The summed E-state index contributed by atoms with van der Waals surface area (Å²) in [6, 6.07) is 7.18. The lowest BCUT2D eigenvalue weighted by atomic mass is 9.94. The SMILES string of the molecule is NC(=O)C1(Nc2ccc(Br)cc2)CCCS(=O)(=O)C1. The Bertz CT molecular complexity index is 585. The Morgan fingerprint density at radius 1 is 1.32 bits per heavy atom. The molecule has 1 aliphatic rings. The smallest absolute Gasteiger partial charge is 0.244 e. The number of hydrogen-bond donors (Lipinski definition) is 2. The fourth-order valence-corrected chi connectivity index (χ4v) is 4.38. The normalized spacial score (nSPS) is 25.7. The third-order valence-corrected chi connectivity index (χ3v) is 5.60. The van der Waals surface area contributed by atoms with Crippen LogP contribution in [-0.2, 0) is 14.6 Å². The molecule has 19 heavy (non-hydrogen) atoms. The van der Waals surface area contributed by atoms with Gasteiger partial charge in [0, 0.05) is 10.2 Å². The van der Waals surface area contributed by atoms with Gasteiger partial charge in [0.15, 0.2) is 9.84 Å². The quantitative estimate of drug-likeness (QED) is 0.862. The van der Waals surface area contributed by atoms with Crippen molar-refractivity contribution in [3.05, 3.63) is 28.7 Å². The number of nitrogens with two attached hydrogens (primary N) is 1. The maximum atomic E-state index is 11.8. The monoisotopic (exact) mass is 346 g/mol. The topological polar surface area (TPSA) is 89.3 Å². The first-order chi connectivity index (χ1) is 8.83. The number of carbonyl (C=O) groups is 1. The molecule has 7 heteroatoms. The lowest BCUT2D eigenvalue weighted by Crippen LogP contribution is -2.57. The van der Waals surface area contributed by atoms with Crippen molar-refractivity contribution in [2.45, 2.75) is 18.4 Å². The summed E-state index contributed by atoms with van der Waals surface area (Å²) >= 11 is 3.32. The van der Waals surface area contributed by atoms with E-state index < -0.39 is 21.3 Å². The average molecular weight is 347 g/mol. The number of hydrogen-bond acceptors (Lipinski definition) is 4. The van der Waals surface area contributed by atoms with Crippen molar-refractivity contribution in [2.75, 3.05) is 16.8 Å². The number of halogens is 1. The number of amides is 1. The van der Waals surface area contributed by atoms with E-state index in [0.29, 0.717) is 18.5 Å². The maximum absolute atomic E-state index is 11.8. The van der Waals surface area contributed by atoms with Crippen molar-refractivity contribution >= 4 is 37.4 Å². The summed E-state index contributed by atoms with van der Waals surface area (Å²) in [5, 5.41) is 3.00. The van der Waals surface area contributed by atoms with Gasteiger partial charge in [-0.1, -0.05) is 15.9 Å². The number of nitrogens with one attached hydrogen (secondary N) is 1. The Kier molecular flexibility index (Phi) is 3.87. The molecule has 1 aromatic rings. The maximum Gasteiger partial charge on any atom is 0.244 e. The summed E-state index contributed by atoms with van der Waals surface area (Å²) in [6.45, 7) is 0. The number of benzene rings is 1. The fourth-order valence-electron chi connectivity index (χ4n) is 2.28. The summed E-state index contributed by atoms with van der Waals surface area (Å²) in [5.74, 6) is -0.756. The molecule has 5 nitrogen and oxygen atoms in total. The van der Waals surface area contributed by atoms with Crippen LogP contribution >= 0.6 is 15.9 Å². The van der Waals surface area contributed by atoms with Gasteiger partial charge in [-0.3, -0.25) is 4.79 Å². The van der Waals surface area contributed by atoms with Crippen molar-refractivity contribution in [2.24, 2.45) is 5.73 Å². The van der Waals surface area contributed by atoms with E-state index >= 15 is 0 Å². The first-order valence-electron chi connectivity index (χ1n) is 5.87. The van der Waals surface area contributed by atoms with E-state index in [4.69, 9.17) is 5.73 Å². The molecular formula is C12H15BrN2O3S. The van der Waals surface area contributed by atoms with Crippen LogP contribution in [0.25, 0.3) is 0 Å². The second-order valence-corrected chi connectivity index (χ2v) is 7.87. The Labute approximate surface area is 120 Å². The minimum atomic E-state index is -3.24. The molecule has 1 aromatic carbocycles. The van der Waals surface area contributed by atoms with E-state index in [1.54, 1.807) is 12.1 Å². The molecule has 1 saturated heterocycles. The van der Waals surface area contributed by atoms with E-state index in [0.717, 1.165) is 4.47 Å².